The Morgan fingerprint density at radius 2 is 1.92 bits per heavy atom. The van der Waals surface area contributed by atoms with E-state index in [-0.39, 0.29) is 30.6 Å². The molecule has 0 amide bonds. The van der Waals surface area contributed by atoms with Crippen LogP contribution in [0.2, 0.25) is 0 Å². The van der Waals surface area contributed by atoms with E-state index >= 15 is 0 Å². The molecule has 1 rings (SSSR count). The molecule has 0 aliphatic rings. The second kappa shape index (κ2) is 14.1. The summed E-state index contributed by atoms with van der Waals surface area (Å²) in [6, 6.07) is 6.49. The molecule has 0 saturated heterocycles. The molecular weight excluding hydrogens is 439 g/mol. The highest BCUT2D eigenvalue weighted by Gasteiger charge is 2.08. The van der Waals surface area contributed by atoms with Crippen molar-refractivity contribution in [1.82, 2.24) is 10.6 Å². The summed E-state index contributed by atoms with van der Waals surface area (Å²) in [7, 11) is 4.11. The van der Waals surface area contributed by atoms with E-state index in [1.165, 1.54) is 16.8 Å². The molecule has 6 heteroatoms. The number of aryl methyl sites for hydroxylation is 1. The number of benzene rings is 1. The molecule has 0 spiro atoms. The Morgan fingerprint density at radius 1 is 1.19 bits per heavy atom. The maximum Gasteiger partial charge on any atom is 0.191 e. The molecule has 150 valence electrons. The lowest BCUT2D eigenvalue weighted by Gasteiger charge is -2.18. The summed E-state index contributed by atoms with van der Waals surface area (Å²) in [6.07, 6.45) is 3.10. The SMILES string of the molecule is CCCC(CCO)CNC(=NCc1ccc(N(C)C)cc1C)NCC.I. The van der Waals surface area contributed by atoms with Crippen LogP contribution in [0.1, 0.15) is 44.2 Å². The average molecular weight is 476 g/mol. The first kappa shape index (κ1) is 25.0. The molecule has 0 aliphatic carbocycles. The van der Waals surface area contributed by atoms with Crippen molar-refractivity contribution in [3.63, 3.8) is 0 Å². The molecule has 1 atom stereocenters. The van der Waals surface area contributed by atoms with Gasteiger partial charge in [0.05, 0.1) is 6.54 Å². The lowest BCUT2D eigenvalue weighted by molar-refractivity contribution is 0.251. The van der Waals surface area contributed by atoms with Crippen molar-refractivity contribution in [2.75, 3.05) is 38.7 Å². The Hall–Kier alpha value is -1.02. The van der Waals surface area contributed by atoms with Crippen molar-refractivity contribution in [3.05, 3.63) is 29.3 Å². The van der Waals surface area contributed by atoms with Crippen LogP contribution in [0, 0.1) is 12.8 Å². The van der Waals surface area contributed by atoms with E-state index in [1.807, 2.05) is 0 Å². The van der Waals surface area contributed by atoms with Gasteiger partial charge in [0.25, 0.3) is 0 Å². The van der Waals surface area contributed by atoms with Gasteiger partial charge in [-0.25, -0.2) is 4.99 Å². The van der Waals surface area contributed by atoms with Crippen LogP contribution in [0.5, 0.6) is 0 Å². The molecule has 1 aromatic rings. The maximum atomic E-state index is 9.20. The summed E-state index contributed by atoms with van der Waals surface area (Å²) < 4.78 is 0. The quantitative estimate of drug-likeness (QED) is 0.275. The Balaban J connectivity index is 0.00000625. The third kappa shape index (κ3) is 9.07. The van der Waals surface area contributed by atoms with E-state index in [9.17, 15) is 5.11 Å². The summed E-state index contributed by atoms with van der Waals surface area (Å²) in [5, 5.41) is 15.9. The topological polar surface area (TPSA) is 59.9 Å². The number of guanidine groups is 1. The summed E-state index contributed by atoms with van der Waals surface area (Å²) >= 11 is 0. The summed E-state index contributed by atoms with van der Waals surface area (Å²) in [4.78, 5) is 6.84. The molecule has 0 saturated carbocycles. The normalized spacial score (nSPS) is 12.3. The number of anilines is 1. The number of nitrogens with zero attached hydrogens (tertiary/aromatic N) is 2. The van der Waals surface area contributed by atoms with Crippen LogP contribution in [-0.4, -0.2) is 44.9 Å². The predicted octanol–water partition coefficient (Wildman–Crippen LogP) is 3.53. The van der Waals surface area contributed by atoms with Gasteiger partial charge in [-0.15, -0.1) is 24.0 Å². The number of aliphatic imine (C=N–C) groups is 1. The zero-order chi connectivity index (χ0) is 18.7. The first-order valence-corrected chi connectivity index (χ1v) is 9.41. The van der Waals surface area contributed by atoms with E-state index in [4.69, 9.17) is 4.99 Å². The second-order valence-corrected chi connectivity index (χ2v) is 6.75. The molecule has 1 unspecified atom stereocenters. The van der Waals surface area contributed by atoms with Gasteiger partial charge in [0.1, 0.15) is 0 Å². The fourth-order valence-electron chi connectivity index (χ4n) is 2.82. The van der Waals surface area contributed by atoms with Crippen molar-refractivity contribution < 1.29 is 5.11 Å². The third-order valence-corrected chi connectivity index (χ3v) is 4.39. The van der Waals surface area contributed by atoms with Gasteiger partial charge >= 0.3 is 0 Å². The van der Waals surface area contributed by atoms with Gasteiger partial charge in [-0.1, -0.05) is 19.4 Å². The van der Waals surface area contributed by atoms with Crippen molar-refractivity contribution >= 4 is 35.6 Å². The van der Waals surface area contributed by atoms with Gasteiger partial charge in [-0.3, -0.25) is 0 Å². The molecule has 5 nitrogen and oxygen atoms in total. The van der Waals surface area contributed by atoms with Crippen LogP contribution in [-0.2, 0) is 6.54 Å². The fourth-order valence-corrected chi connectivity index (χ4v) is 2.82. The van der Waals surface area contributed by atoms with E-state index in [2.05, 4.69) is 68.6 Å². The third-order valence-electron chi connectivity index (χ3n) is 4.39. The Labute approximate surface area is 176 Å². The number of nitrogens with one attached hydrogen (secondary N) is 2. The van der Waals surface area contributed by atoms with Crippen LogP contribution in [0.3, 0.4) is 0 Å². The number of halogens is 1. The van der Waals surface area contributed by atoms with Crippen molar-refractivity contribution in [3.8, 4) is 0 Å². The lowest BCUT2D eigenvalue weighted by Crippen LogP contribution is -2.40. The highest BCUT2D eigenvalue weighted by Crippen LogP contribution is 2.18. The number of hydrogen-bond acceptors (Lipinski definition) is 3. The molecule has 26 heavy (non-hydrogen) atoms. The van der Waals surface area contributed by atoms with Crippen LogP contribution in [0.25, 0.3) is 0 Å². The minimum Gasteiger partial charge on any atom is -0.396 e. The van der Waals surface area contributed by atoms with Crippen LogP contribution in [0.15, 0.2) is 23.2 Å². The van der Waals surface area contributed by atoms with E-state index in [0.717, 1.165) is 38.3 Å². The second-order valence-electron chi connectivity index (χ2n) is 6.75. The first-order chi connectivity index (χ1) is 12.0. The van der Waals surface area contributed by atoms with Gasteiger partial charge in [0.15, 0.2) is 5.96 Å². The maximum absolute atomic E-state index is 9.20. The summed E-state index contributed by atoms with van der Waals surface area (Å²) in [5.41, 5.74) is 3.71. The smallest absolute Gasteiger partial charge is 0.191 e. The van der Waals surface area contributed by atoms with Gasteiger partial charge < -0.3 is 20.6 Å². The van der Waals surface area contributed by atoms with Crippen molar-refractivity contribution in [2.24, 2.45) is 10.9 Å². The number of aliphatic hydroxyl groups is 1. The van der Waals surface area contributed by atoms with Gasteiger partial charge in [-0.05, 0) is 55.9 Å². The molecule has 0 radical (unpaired) electrons. The first-order valence-electron chi connectivity index (χ1n) is 9.41. The van der Waals surface area contributed by atoms with Crippen LogP contribution in [0.4, 0.5) is 5.69 Å². The monoisotopic (exact) mass is 476 g/mol. The largest absolute Gasteiger partial charge is 0.396 e. The number of rotatable bonds is 10. The highest BCUT2D eigenvalue weighted by atomic mass is 127. The Bertz CT molecular complexity index is 529. The molecule has 0 aliphatic heterocycles. The van der Waals surface area contributed by atoms with Crippen molar-refractivity contribution in [2.45, 2.75) is 46.6 Å². The molecule has 0 fully saturated rings. The summed E-state index contributed by atoms with van der Waals surface area (Å²) in [5.74, 6) is 1.33. The van der Waals surface area contributed by atoms with E-state index < -0.39 is 0 Å². The van der Waals surface area contributed by atoms with Crippen LogP contribution >= 0.6 is 24.0 Å². The summed E-state index contributed by atoms with van der Waals surface area (Å²) in [6.45, 7) is 8.98. The minimum atomic E-state index is 0. The predicted molar refractivity (Wildman–Crippen MR) is 124 cm³/mol. The standard InChI is InChI=1S/C20H36N4O.HI/c1-6-8-17(11-12-25)14-22-20(21-7-2)23-15-18-9-10-19(24(4)5)13-16(18)3;/h9-10,13,17,25H,6-8,11-12,14-15H2,1-5H3,(H2,21,22,23);1H. The molecule has 0 bridgehead atoms. The molecule has 1 aromatic carbocycles. The fraction of sp³-hybridized carbons (Fsp3) is 0.650. The average Bonchev–Trinajstić information content (AvgIpc) is 2.58. The molecule has 0 heterocycles. The zero-order valence-corrected chi connectivity index (χ0v) is 19.3. The van der Waals surface area contributed by atoms with Crippen LogP contribution < -0.4 is 15.5 Å². The number of hydrogen-bond donors (Lipinski definition) is 3. The van der Waals surface area contributed by atoms with Gasteiger partial charge in [-0.2, -0.15) is 0 Å². The lowest BCUT2D eigenvalue weighted by atomic mass is 10.0. The molecular formula is C20H37IN4O. The minimum absolute atomic E-state index is 0. The number of aliphatic hydroxyl groups excluding tert-OH is 1. The molecule has 0 aromatic heterocycles. The van der Waals surface area contributed by atoms with Crippen molar-refractivity contribution in [1.29, 1.82) is 0 Å². The highest BCUT2D eigenvalue weighted by molar-refractivity contribution is 14.0. The van der Waals surface area contributed by atoms with E-state index in [1.54, 1.807) is 0 Å². The van der Waals surface area contributed by atoms with E-state index in [0.29, 0.717) is 12.5 Å². The van der Waals surface area contributed by atoms with Gasteiger partial charge in [0.2, 0.25) is 0 Å². The zero-order valence-electron chi connectivity index (χ0n) is 17.0. The Morgan fingerprint density at radius 3 is 2.46 bits per heavy atom. The molecule has 3 N–H and O–H groups in total. The van der Waals surface area contributed by atoms with Gasteiger partial charge in [0, 0.05) is 39.5 Å². The Kier molecular flexibility index (Phi) is 13.5.